The van der Waals surface area contributed by atoms with Crippen molar-refractivity contribution < 1.29 is 4.79 Å². The molecule has 0 unspecified atom stereocenters. The molecule has 2 atom stereocenters. The topological polar surface area (TPSA) is 59.2 Å². The average Bonchev–Trinajstić information content (AvgIpc) is 2.58. The van der Waals surface area contributed by atoms with Gasteiger partial charge in [-0.25, -0.2) is 0 Å². The number of carbonyl (C=O) groups is 1. The van der Waals surface area contributed by atoms with Crippen molar-refractivity contribution >= 4 is 16.8 Å². The van der Waals surface area contributed by atoms with E-state index in [-0.39, 0.29) is 11.9 Å². The summed E-state index contributed by atoms with van der Waals surface area (Å²) in [6.45, 7) is 7.78. The zero-order valence-electron chi connectivity index (χ0n) is 14.9. The summed E-state index contributed by atoms with van der Waals surface area (Å²) >= 11 is 0. The first-order valence-electron chi connectivity index (χ1n) is 8.85. The lowest BCUT2D eigenvalue weighted by atomic mass is 9.91. The SMILES string of the molecule is Cc1nc2ccccc2c(C)c1CC(=O)N1CCC[C@@H]([C@@H](C)N)C1. The van der Waals surface area contributed by atoms with Crippen molar-refractivity contribution in [1.82, 2.24) is 9.88 Å². The fourth-order valence-corrected chi connectivity index (χ4v) is 3.76. The second kappa shape index (κ2) is 6.89. The number of hydrogen-bond acceptors (Lipinski definition) is 3. The quantitative estimate of drug-likeness (QED) is 0.944. The van der Waals surface area contributed by atoms with Crippen molar-refractivity contribution in [2.45, 2.75) is 46.1 Å². The van der Waals surface area contributed by atoms with E-state index < -0.39 is 0 Å². The molecule has 1 amide bonds. The van der Waals surface area contributed by atoms with Gasteiger partial charge in [0.1, 0.15) is 0 Å². The Balaban J connectivity index is 1.83. The van der Waals surface area contributed by atoms with Gasteiger partial charge in [-0.05, 0) is 56.7 Å². The van der Waals surface area contributed by atoms with Crippen LogP contribution in [-0.2, 0) is 11.2 Å². The lowest BCUT2D eigenvalue weighted by molar-refractivity contribution is -0.132. The number of carbonyl (C=O) groups excluding carboxylic acids is 1. The van der Waals surface area contributed by atoms with Crippen LogP contribution in [0.2, 0.25) is 0 Å². The van der Waals surface area contributed by atoms with Gasteiger partial charge in [0.15, 0.2) is 0 Å². The average molecular weight is 325 g/mol. The molecule has 128 valence electrons. The summed E-state index contributed by atoms with van der Waals surface area (Å²) in [7, 11) is 0. The highest BCUT2D eigenvalue weighted by molar-refractivity contribution is 5.86. The maximum Gasteiger partial charge on any atom is 0.227 e. The van der Waals surface area contributed by atoms with Crippen LogP contribution >= 0.6 is 0 Å². The number of nitrogens with zero attached hydrogens (tertiary/aromatic N) is 2. The number of aromatic nitrogens is 1. The number of nitrogens with two attached hydrogens (primary N) is 1. The first kappa shape index (κ1) is 16.9. The minimum Gasteiger partial charge on any atom is -0.342 e. The molecule has 0 spiro atoms. The molecule has 1 aliphatic heterocycles. The van der Waals surface area contributed by atoms with Crippen molar-refractivity contribution in [3.8, 4) is 0 Å². The summed E-state index contributed by atoms with van der Waals surface area (Å²) in [6, 6.07) is 8.28. The van der Waals surface area contributed by atoms with E-state index in [0.717, 1.165) is 48.1 Å². The molecular formula is C20H27N3O. The van der Waals surface area contributed by atoms with Crippen LogP contribution < -0.4 is 5.73 Å². The molecule has 4 nitrogen and oxygen atoms in total. The third kappa shape index (κ3) is 3.29. The maximum atomic E-state index is 12.8. The monoisotopic (exact) mass is 325 g/mol. The lowest BCUT2D eigenvalue weighted by Crippen LogP contribution is -2.45. The highest BCUT2D eigenvalue weighted by Crippen LogP contribution is 2.25. The molecule has 2 N–H and O–H groups in total. The van der Waals surface area contributed by atoms with E-state index in [9.17, 15) is 4.79 Å². The van der Waals surface area contributed by atoms with Gasteiger partial charge < -0.3 is 10.6 Å². The Hall–Kier alpha value is -1.94. The predicted molar refractivity (Wildman–Crippen MR) is 97.9 cm³/mol. The Labute approximate surface area is 144 Å². The molecule has 0 saturated carbocycles. The summed E-state index contributed by atoms with van der Waals surface area (Å²) in [5.74, 6) is 0.614. The van der Waals surface area contributed by atoms with E-state index in [1.165, 1.54) is 5.56 Å². The van der Waals surface area contributed by atoms with Crippen LogP contribution in [0.3, 0.4) is 0 Å². The number of hydrogen-bond donors (Lipinski definition) is 1. The van der Waals surface area contributed by atoms with Gasteiger partial charge in [0.05, 0.1) is 11.9 Å². The molecular weight excluding hydrogens is 298 g/mol. The molecule has 1 saturated heterocycles. The van der Waals surface area contributed by atoms with E-state index in [2.05, 4.69) is 18.0 Å². The van der Waals surface area contributed by atoms with Crippen molar-refractivity contribution in [3.05, 3.63) is 41.1 Å². The number of likely N-dealkylation sites (tertiary alicyclic amines) is 1. The Kier molecular flexibility index (Phi) is 4.86. The van der Waals surface area contributed by atoms with E-state index in [0.29, 0.717) is 12.3 Å². The Morgan fingerprint density at radius 1 is 1.38 bits per heavy atom. The fraction of sp³-hybridized carbons (Fsp3) is 0.500. The van der Waals surface area contributed by atoms with Crippen molar-refractivity contribution in [1.29, 1.82) is 0 Å². The highest BCUT2D eigenvalue weighted by atomic mass is 16.2. The fourth-order valence-electron chi connectivity index (χ4n) is 3.76. The normalized spacial score (nSPS) is 19.5. The molecule has 1 aromatic heterocycles. The summed E-state index contributed by atoms with van der Waals surface area (Å²) in [5.41, 5.74) is 10.2. The summed E-state index contributed by atoms with van der Waals surface area (Å²) in [4.78, 5) is 19.5. The molecule has 24 heavy (non-hydrogen) atoms. The zero-order chi connectivity index (χ0) is 17.3. The summed E-state index contributed by atoms with van der Waals surface area (Å²) in [5, 5.41) is 1.14. The summed E-state index contributed by atoms with van der Waals surface area (Å²) in [6.07, 6.45) is 2.60. The molecule has 0 aliphatic carbocycles. The lowest BCUT2D eigenvalue weighted by Gasteiger charge is -2.35. The molecule has 1 aromatic carbocycles. The van der Waals surface area contributed by atoms with Crippen LogP contribution in [0.25, 0.3) is 10.9 Å². The molecule has 3 rings (SSSR count). The van der Waals surface area contributed by atoms with E-state index in [1.54, 1.807) is 0 Å². The zero-order valence-corrected chi connectivity index (χ0v) is 14.9. The van der Waals surface area contributed by atoms with Crippen LogP contribution in [0.1, 0.15) is 36.6 Å². The van der Waals surface area contributed by atoms with Gasteiger partial charge >= 0.3 is 0 Å². The molecule has 0 bridgehead atoms. The molecule has 2 heterocycles. The van der Waals surface area contributed by atoms with Gasteiger partial charge in [-0.1, -0.05) is 18.2 Å². The van der Waals surface area contributed by atoms with Crippen LogP contribution in [0.4, 0.5) is 0 Å². The van der Waals surface area contributed by atoms with Crippen LogP contribution in [0.15, 0.2) is 24.3 Å². The summed E-state index contributed by atoms with van der Waals surface area (Å²) < 4.78 is 0. The number of rotatable bonds is 3. The second-order valence-electron chi connectivity index (χ2n) is 7.10. The number of amides is 1. The predicted octanol–water partition coefficient (Wildman–Crippen LogP) is 2.98. The van der Waals surface area contributed by atoms with E-state index >= 15 is 0 Å². The largest absolute Gasteiger partial charge is 0.342 e. The standard InChI is InChI=1S/C20H27N3O/c1-13-17-8-4-5-9-19(17)22-15(3)18(13)11-20(24)23-10-6-7-16(12-23)14(2)21/h4-5,8-9,14,16H,6-7,10-12,21H2,1-3H3/t14-,16-/m1/s1. The van der Waals surface area contributed by atoms with Crippen LogP contribution in [0, 0.1) is 19.8 Å². The number of fused-ring (bicyclic) bond motifs is 1. The van der Waals surface area contributed by atoms with Gasteiger partial charge in [0.2, 0.25) is 5.91 Å². The van der Waals surface area contributed by atoms with Gasteiger partial charge in [0, 0.05) is 30.2 Å². The van der Waals surface area contributed by atoms with Crippen molar-refractivity contribution in [3.63, 3.8) is 0 Å². The van der Waals surface area contributed by atoms with Gasteiger partial charge in [0.25, 0.3) is 0 Å². The highest BCUT2D eigenvalue weighted by Gasteiger charge is 2.26. The third-order valence-corrected chi connectivity index (χ3v) is 5.37. The second-order valence-corrected chi connectivity index (χ2v) is 7.10. The Morgan fingerprint density at radius 2 is 2.12 bits per heavy atom. The van der Waals surface area contributed by atoms with E-state index in [1.807, 2.05) is 36.9 Å². The van der Waals surface area contributed by atoms with Crippen molar-refractivity contribution in [2.24, 2.45) is 11.7 Å². The molecule has 1 aliphatic rings. The van der Waals surface area contributed by atoms with Crippen molar-refractivity contribution in [2.75, 3.05) is 13.1 Å². The smallest absolute Gasteiger partial charge is 0.227 e. The Morgan fingerprint density at radius 3 is 2.88 bits per heavy atom. The minimum absolute atomic E-state index is 0.145. The molecule has 0 radical (unpaired) electrons. The molecule has 1 fully saturated rings. The molecule has 4 heteroatoms. The number of piperidine rings is 1. The Bertz CT molecular complexity index is 754. The number of aryl methyl sites for hydroxylation is 2. The first-order chi connectivity index (χ1) is 11.5. The van der Waals surface area contributed by atoms with Gasteiger partial charge in [-0.15, -0.1) is 0 Å². The number of pyridine rings is 1. The van der Waals surface area contributed by atoms with Gasteiger partial charge in [-0.3, -0.25) is 9.78 Å². The van der Waals surface area contributed by atoms with Crippen LogP contribution in [-0.4, -0.2) is 34.9 Å². The number of benzene rings is 1. The minimum atomic E-state index is 0.145. The number of para-hydroxylation sites is 1. The van der Waals surface area contributed by atoms with Gasteiger partial charge in [-0.2, -0.15) is 0 Å². The maximum absolute atomic E-state index is 12.8. The molecule has 2 aromatic rings. The third-order valence-electron chi connectivity index (χ3n) is 5.37. The van der Waals surface area contributed by atoms with E-state index in [4.69, 9.17) is 5.73 Å². The van der Waals surface area contributed by atoms with Crippen LogP contribution in [0.5, 0.6) is 0 Å². The first-order valence-corrected chi connectivity index (χ1v) is 8.85.